The zero-order valence-electron chi connectivity index (χ0n) is 11.7. The number of carbonyl (C=O) groups is 1. The van der Waals surface area contributed by atoms with Crippen molar-refractivity contribution in [3.8, 4) is 0 Å². The van der Waals surface area contributed by atoms with Gasteiger partial charge in [-0.25, -0.2) is 0 Å². The van der Waals surface area contributed by atoms with Crippen molar-refractivity contribution in [2.75, 3.05) is 6.54 Å². The highest BCUT2D eigenvalue weighted by atomic mass is 16.1. The first-order chi connectivity index (χ1) is 9.25. The second-order valence-corrected chi connectivity index (χ2v) is 5.42. The molecule has 2 rings (SSSR count). The van der Waals surface area contributed by atoms with Gasteiger partial charge in [-0.05, 0) is 25.3 Å². The van der Waals surface area contributed by atoms with Crippen LogP contribution in [-0.4, -0.2) is 18.5 Å². The fourth-order valence-electron chi connectivity index (χ4n) is 2.63. The minimum atomic E-state index is 0.120. The normalized spacial score (nSPS) is 17.9. The van der Waals surface area contributed by atoms with Crippen molar-refractivity contribution < 1.29 is 4.79 Å². The van der Waals surface area contributed by atoms with Crippen LogP contribution in [0.4, 0.5) is 0 Å². The molecule has 1 saturated carbocycles. The standard InChI is InChI=1S/C16H24N2O/c1-13(14-8-4-2-5-9-14)17-12-16(19)18-15-10-6-3-7-11-15/h2,4-5,8-9,13,15,17H,3,6-7,10-12H2,1H3,(H,18,19)/t13-/m1/s1. The number of amides is 1. The summed E-state index contributed by atoms with van der Waals surface area (Å²) in [5, 5.41) is 6.40. The summed E-state index contributed by atoms with van der Waals surface area (Å²) in [6, 6.07) is 10.8. The number of hydrogen-bond acceptors (Lipinski definition) is 2. The molecule has 0 unspecified atom stereocenters. The first-order valence-corrected chi connectivity index (χ1v) is 7.33. The molecular formula is C16H24N2O. The Morgan fingerprint density at radius 1 is 1.21 bits per heavy atom. The zero-order chi connectivity index (χ0) is 13.5. The first kappa shape index (κ1) is 14.1. The van der Waals surface area contributed by atoms with Crippen LogP contribution < -0.4 is 10.6 Å². The number of nitrogens with one attached hydrogen (secondary N) is 2. The molecule has 0 bridgehead atoms. The van der Waals surface area contributed by atoms with Crippen LogP contribution >= 0.6 is 0 Å². The summed E-state index contributed by atoms with van der Waals surface area (Å²) in [5.41, 5.74) is 1.22. The summed E-state index contributed by atoms with van der Waals surface area (Å²) in [6.07, 6.45) is 6.09. The number of hydrogen-bond donors (Lipinski definition) is 2. The third kappa shape index (κ3) is 4.67. The molecule has 1 fully saturated rings. The van der Waals surface area contributed by atoms with Crippen LogP contribution in [0.2, 0.25) is 0 Å². The summed E-state index contributed by atoms with van der Waals surface area (Å²) < 4.78 is 0. The molecule has 0 aliphatic heterocycles. The molecule has 0 heterocycles. The van der Waals surface area contributed by atoms with Crippen LogP contribution in [0.3, 0.4) is 0 Å². The van der Waals surface area contributed by atoms with Crippen molar-refractivity contribution in [3.05, 3.63) is 35.9 Å². The lowest BCUT2D eigenvalue weighted by Gasteiger charge is -2.23. The van der Waals surface area contributed by atoms with Crippen molar-refractivity contribution in [3.63, 3.8) is 0 Å². The van der Waals surface area contributed by atoms with Gasteiger partial charge < -0.3 is 10.6 Å². The molecule has 1 amide bonds. The van der Waals surface area contributed by atoms with E-state index in [-0.39, 0.29) is 11.9 Å². The zero-order valence-corrected chi connectivity index (χ0v) is 11.7. The maximum absolute atomic E-state index is 11.9. The average molecular weight is 260 g/mol. The average Bonchev–Trinajstić information content (AvgIpc) is 2.47. The molecule has 1 atom stereocenters. The monoisotopic (exact) mass is 260 g/mol. The van der Waals surface area contributed by atoms with Crippen molar-refractivity contribution in [2.24, 2.45) is 0 Å². The van der Waals surface area contributed by atoms with Crippen molar-refractivity contribution in [1.82, 2.24) is 10.6 Å². The van der Waals surface area contributed by atoms with E-state index in [1.807, 2.05) is 18.2 Å². The molecule has 1 aliphatic rings. The van der Waals surface area contributed by atoms with E-state index < -0.39 is 0 Å². The fourth-order valence-corrected chi connectivity index (χ4v) is 2.63. The highest BCUT2D eigenvalue weighted by Crippen LogP contribution is 2.17. The van der Waals surface area contributed by atoms with Gasteiger partial charge in [0.05, 0.1) is 6.54 Å². The lowest BCUT2D eigenvalue weighted by Crippen LogP contribution is -2.41. The third-order valence-electron chi connectivity index (χ3n) is 3.84. The molecule has 0 aromatic heterocycles. The highest BCUT2D eigenvalue weighted by molar-refractivity contribution is 5.78. The Labute approximate surface area is 115 Å². The van der Waals surface area contributed by atoms with E-state index in [1.54, 1.807) is 0 Å². The minimum Gasteiger partial charge on any atom is -0.352 e. The Balaban J connectivity index is 1.71. The van der Waals surface area contributed by atoms with Crippen LogP contribution in [0.15, 0.2) is 30.3 Å². The Hall–Kier alpha value is -1.35. The molecular weight excluding hydrogens is 236 g/mol. The predicted molar refractivity (Wildman–Crippen MR) is 77.9 cm³/mol. The Morgan fingerprint density at radius 2 is 1.89 bits per heavy atom. The Morgan fingerprint density at radius 3 is 2.58 bits per heavy atom. The SMILES string of the molecule is C[C@@H](NCC(=O)NC1CCCCC1)c1ccccc1. The quantitative estimate of drug-likeness (QED) is 0.854. The fraction of sp³-hybridized carbons (Fsp3) is 0.562. The number of benzene rings is 1. The van der Waals surface area contributed by atoms with Gasteiger partial charge in [0.15, 0.2) is 0 Å². The maximum atomic E-state index is 11.9. The van der Waals surface area contributed by atoms with Gasteiger partial charge in [0.2, 0.25) is 5.91 Å². The lowest BCUT2D eigenvalue weighted by molar-refractivity contribution is -0.121. The van der Waals surface area contributed by atoms with E-state index >= 15 is 0 Å². The summed E-state index contributed by atoms with van der Waals surface area (Å²) in [7, 11) is 0. The molecule has 1 aromatic carbocycles. The van der Waals surface area contributed by atoms with Gasteiger partial charge in [-0.15, -0.1) is 0 Å². The molecule has 2 N–H and O–H groups in total. The van der Waals surface area contributed by atoms with Crippen LogP contribution in [0.5, 0.6) is 0 Å². The van der Waals surface area contributed by atoms with E-state index in [1.165, 1.54) is 24.8 Å². The molecule has 19 heavy (non-hydrogen) atoms. The lowest BCUT2D eigenvalue weighted by atomic mass is 9.95. The van der Waals surface area contributed by atoms with E-state index in [2.05, 4.69) is 29.7 Å². The van der Waals surface area contributed by atoms with Gasteiger partial charge in [0, 0.05) is 12.1 Å². The largest absolute Gasteiger partial charge is 0.352 e. The van der Waals surface area contributed by atoms with E-state index in [0.29, 0.717) is 12.6 Å². The number of carbonyl (C=O) groups excluding carboxylic acids is 1. The molecule has 0 saturated heterocycles. The summed E-state index contributed by atoms with van der Waals surface area (Å²) in [4.78, 5) is 11.9. The maximum Gasteiger partial charge on any atom is 0.234 e. The van der Waals surface area contributed by atoms with E-state index in [9.17, 15) is 4.79 Å². The van der Waals surface area contributed by atoms with Gasteiger partial charge in [0.25, 0.3) is 0 Å². The second-order valence-electron chi connectivity index (χ2n) is 5.42. The van der Waals surface area contributed by atoms with Crippen molar-refractivity contribution in [2.45, 2.75) is 51.1 Å². The molecule has 1 aromatic rings. The Kier molecular flexibility index (Phi) is 5.40. The highest BCUT2D eigenvalue weighted by Gasteiger charge is 2.15. The van der Waals surface area contributed by atoms with Gasteiger partial charge in [0.1, 0.15) is 0 Å². The van der Waals surface area contributed by atoms with Crippen LogP contribution in [0, 0.1) is 0 Å². The molecule has 1 aliphatic carbocycles. The van der Waals surface area contributed by atoms with E-state index in [0.717, 1.165) is 12.8 Å². The van der Waals surface area contributed by atoms with Crippen molar-refractivity contribution in [1.29, 1.82) is 0 Å². The van der Waals surface area contributed by atoms with Crippen LogP contribution in [-0.2, 0) is 4.79 Å². The molecule has 0 radical (unpaired) electrons. The van der Waals surface area contributed by atoms with Crippen LogP contribution in [0.25, 0.3) is 0 Å². The molecule has 104 valence electrons. The minimum absolute atomic E-state index is 0.120. The predicted octanol–water partition coefficient (Wildman–Crippen LogP) is 2.79. The Bertz CT molecular complexity index is 385. The van der Waals surface area contributed by atoms with Gasteiger partial charge in [-0.1, -0.05) is 49.6 Å². The summed E-state index contributed by atoms with van der Waals surface area (Å²) in [5.74, 6) is 0.120. The smallest absolute Gasteiger partial charge is 0.234 e. The van der Waals surface area contributed by atoms with E-state index in [4.69, 9.17) is 0 Å². The van der Waals surface area contributed by atoms with Gasteiger partial charge in [-0.2, -0.15) is 0 Å². The topological polar surface area (TPSA) is 41.1 Å². The van der Waals surface area contributed by atoms with Crippen molar-refractivity contribution >= 4 is 5.91 Å². The summed E-state index contributed by atoms with van der Waals surface area (Å²) in [6.45, 7) is 2.48. The molecule has 0 spiro atoms. The molecule has 3 nitrogen and oxygen atoms in total. The summed E-state index contributed by atoms with van der Waals surface area (Å²) >= 11 is 0. The van der Waals surface area contributed by atoms with Gasteiger partial charge in [-0.3, -0.25) is 4.79 Å². The number of rotatable bonds is 5. The van der Waals surface area contributed by atoms with Gasteiger partial charge >= 0.3 is 0 Å². The second kappa shape index (κ2) is 7.29. The van der Waals surface area contributed by atoms with Crippen LogP contribution in [0.1, 0.15) is 50.6 Å². The molecule has 3 heteroatoms. The first-order valence-electron chi connectivity index (χ1n) is 7.33. The third-order valence-corrected chi connectivity index (χ3v) is 3.84.